The number of carbonyl (C=O) groups is 1. The SMILES string of the molecule is Cc1nn(-c2ccc(/C=C/C(=O)O)c(Br)c2)c(C)c1Br. The molecule has 0 atom stereocenters. The second-order valence-electron chi connectivity index (χ2n) is 4.27. The highest BCUT2D eigenvalue weighted by Gasteiger charge is 2.11. The zero-order valence-electron chi connectivity index (χ0n) is 10.9. The number of nitrogens with zero attached hydrogens (tertiary/aromatic N) is 2. The average molecular weight is 400 g/mol. The van der Waals surface area contributed by atoms with Gasteiger partial charge < -0.3 is 5.11 Å². The smallest absolute Gasteiger partial charge is 0.328 e. The summed E-state index contributed by atoms with van der Waals surface area (Å²) in [5.74, 6) is -0.969. The van der Waals surface area contributed by atoms with Crippen LogP contribution in [0.25, 0.3) is 11.8 Å². The summed E-state index contributed by atoms with van der Waals surface area (Å²) < 4.78 is 3.65. The molecular weight excluding hydrogens is 388 g/mol. The van der Waals surface area contributed by atoms with Crippen molar-refractivity contribution in [1.82, 2.24) is 9.78 Å². The fraction of sp³-hybridized carbons (Fsp3) is 0.143. The molecule has 0 saturated carbocycles. The summed E-state index contributed by atoms with van der Waals surface area (Å²) in [4.78, 5) is 10.5. The van der Waals surface area contributed by atoms with Crippen LogP contribution in [0.3, 0.4) is 0 Å². The lowest BCUT2D eigenvalue weighted by atomic mass is 10.2. The van der Waals surface area contributed by atoms with Gasteiger partial charge in [-0.2, -0.15) is 5.10 Å². The van der Waals surface area contributed by atoms with E-state index < -0.39 is 5.97 Å². The maximum atomic E-state index is 10.5. The van der Waals surface area contributed by atoms with Crippen LogP contribution < -0.4 is 0 Å². The number of carboxylic acids is 1. The molecule has 0 aliphatic rings. The van der Waals surface area contributed by atoms with Crippen LogP contribution in [-0.2, 0) is 4.79 Å². The van der Waals surface area contributed by atoms with Gasteiger partial charge in [0.1, 0.15) is 0 Å². The van der Waals surface area contributed by atoms with Crippen LogP contribution in [0.5, 0.6) is 0 Å². The molecule has 6 heteroatoms. The molecule has 4 nitrogen and oxygen atoms in total. The molecule has 1 N–H and O–H groups in total. The summed E-state index contributed by atoms with van der Waals surface area (Å²) in [5, 5.41) is 13.1. The average Bonchev–Trinajstić information content (AvgIpc) is 2.65. The van der Waals surface area contributed by atoms with Crippen molar-refractivity contribution in [3.05, 3.63) is 50.2 Å². The minimum Gasteiger partial charge on any atom is -0.478 e. The van der Waals surface area contributed by atoms with Gasteiger partial charge >= 0.3 is 5.97 Å². The first-order valence-electron chi connectivity index (χ1n) is 5.83. The molecule has 1 aromatic carbocycles. The second kappa shape index (κ2) is 5.93. The second-order valence-corrected chi connectivity index (χ2v) is 5.92. The lowest BCUT2D eigenvalue weighted by molar-refractivity contribution is -0.131. The highest BCUT2D eigenvalue weighted by atomic mass is 79.9. The molecule has 0 unspecified atom stereocenters. The summed E-state index contributed by atoms with van der Waals surface area (Å²) >= 11 is 6.95. The van der Waals surface area contributed by atoms with E-state index in [0.717, 1.165) is 37.7 Å². The largest absolute Gasteiger partial charge is 0.478 e. The third kappa shape index (κ3) is 3.02. The Morgan fingerprint density at radius 1 is 1.35 bits per heavy atom. The predicted octanol–water partition coefficient (Wildman–Crippen LogP) is 4.11. The van der Waals surface area contributed by atoms with Gasteiger partial charge in [0.25, 0.3) is 0 Å². The summed E-state index contributed by atoms with van der Waals surface area (Å²) in [7, 11) is 0. The Hall–Kier alpha value is -1.40. The van der Waals surface area contributed by atoms with Crippen molar-refractivity contribution in [3.63, 3.8) is 0 Å². The zero-order valence-corrected chi connectivity index (χ0v) is 14.1. The minimum atomic E-state index is -0.969. The van der Waals surface area contributed by atoms with Crippen molar-refractivity contribution in [2.45, 2.75) is 13.8 Å². The molecule has 1 aromatic heterocycles. The summed E-state index contributed by atoms with van der Waals surface area (Å²) in [6.45, 7) is 3.92. The van der Waals surface area contributed by atoms with Crippen LogP contribution in [0, 0.1) is 13.8 Å². The Bertz CT molecular complexity index is 705. The lowest BCUT2D eigenvalue weighted by Crippen LogP contribution is -1.99. The van der Waals surface area contributed by atoms with E-state index in [1.54, 1.807) is 6.08 Å². The van der Waals surface area contributed by atoms with Gasteiger partial charge in [-0.25, -0.2) is 9.48 Å². The van der Waals surface area contributed by atoms with Crippen LogP contribution in [0.1, 0.15) is 17.0 Å². The maximum Gasteiger partial charge on any atom is 0.328 e. The maximum absolute atomic E-state index is 10.5. The molecule has 0 radical (unpaired) electrons. The van der Waals surface area contributed by atoms with Crippen LogP contribution in [0.15, 0.2) is 33.2 Å². The van der Waals surface area contributed by atoms with E-state index in [2.05, 4.69) is 37.0 Å². The van der Waals surface area contributed by atoms with Gasteiger partial charge in [-0.05, 0) is 53.5 Å². The number of aryl methyl sites for hydroxylation is 1. The Morgan fingerprint density at radius 2 is 2.05 bits per heavy atom. The predicted molar refractivity (Wildman–Crippen MR) is 85.1 cm³/mol. The van der Waals surface area contributed by atoms with Gasteiger partial charge in [0.15, 0.2) is 0 Å². The molecule has 104 valence electrons. The molecule has 0 saturated heterocycles. The normalized spacial score (nSPS) is 11.2. The number of hydrogen-bond acceptors (Lipinski definition) is 2. The topological polar surface area (TPSA) is 55.1 Å². The number of rotatable bonds is 3. The van der Waals surface area contributed by atoms with Gasteiger partial charge in [-0.3, -0.25) is 0 Å². The van der Waals surface area contributed by atoms with E-state index in [4.69, 9.17) is 5.11 Å². The summed E-state index contributed by atoms with van der Waals surface area (Å²) in [6.07, 6.45) is 2.66. The van der Waals surface area contributed by atoms with Crippen LogP contribution in [0.2, 0.25) is 0 Å². The highest BCUT2D eigenvalue weighted by Crippen LogP contribution is 2.26. The highest BCUT2D eigenvalue weighted by molar-refractivity contribution is 9.10. The Labute approximate surface area is 133 Å². The number of aromatic nitrogens is 2. The first-order valence-corrected chi connectivity index (χ1v) is 7.41. The molecule has 0 amide bonds. The number of halogens is 2. The number of aliphatic carboxylic acids is 1. The molecule has 0 fully saturated rings. The van der Waals surface area contributed by atoms with E-state index in [0.29, 0.717) is 0 Å². The quantitative estimate of drug-likeness (QED) is 0.790. The molecule has 0 spiro atoms. The molecule has 1 heterocycles. The van der Waals surface area contributed by atoms with Crippen molar-refractivity contribution in [1.29, 1.82) is 0 Å². The summed E-state index contributed by atoms with van der Waals surface area (Å²) in [6, 6.07) is 5.66. The molecule has 2 rings (SSSR count). The van der Waals surface area contributed by atoms with Gasteiger partial charge in [0.2, 0.25) is 0 Å². The lowest BCUT2D eigenvalue weighted by Gasteiger charge is -2.07. The Balaban J connectivity index is 2.43. The van der Waals surface area contributed by atoms with Crippen LogP contribution >= 0.6 is 31.9 Å². The van der Waals surface area contributed by atoms with E-state index in [-0.39, 0.29) is 0 Å². The first kappa shape index (κ1) is 15.0. The third-order valence-corrected chi connectivity index (χ3v) is 4.67. The van der Waals surface area contributed by atoms with E-state index in [9.17, 15) is 4.79 Å². The number of benzene rings is 1. The van der Waals surface area contributed by atoms with Gasteiger partial charge in [0.05, 0.1) is 21.5 Å². The van der Waals surface area contributed by atoms with Crippen molar-refractivity contribution in [3.8, 4) is 5.69 Å². The van der Waals surface area contributed by atoms with Gasteiger partial charge in [0, 0.05) is 10.5 Å². The van der Waals surface area contributed by atoms with Crippen LogP contribution in [-0.4, -0.2) is 20.9 Å². The zero-order chi connectivity index (χ0) is 14.9. The van der Waals surface area contributed by atoms with E-state index >= 15 is 0 Å². The monoisotopic (exact) mass is 398 g/mol. The Kier molecular flexibility index (Phi) is 4.45. The van der Waals surface area contributed by atoms with Crippen molar-refractivity contribution < 1.29 is 9.90 Å². The molecule has 20 heavy (non-hydrogen) atoms. The van der Waals surface area contributed by atoms with Gasteiger partial charge in [-0.15, -0.1) is 0 Å². The summed E-state index contributed by atoms with van der Waals surface area (Å²) in [5.41, 5.74) is 3.66. The van der Waals surface area contributed by atoms with Crippen molar-refractivity contribution in [2.75, 3.05) is 0 Å². The number of carboxylic acid groups (broad SMARTS) is 1. The number of hydrogen-bond donors (Lipinski definition) is 1. The molecule has 0 aliphatic heterocycles. The molecule has 0 bridgehead atoms. The molecular formula is C14H12Br2N2O2. The Morgan fingerprint density at radius 3 is 2.55 bits per heavy atom. The fourth-order valence-corrected chi connectivity index (χ4v) is 2.57. The van der Waals surface area contributed by atoms with E-state index in [1.165, 1.54) is 0 Å². The van der Waals surface area contributed by atoms with E-state index in [1.807, 2.05) is 36.7 Å². The molecule has 2 aromatic rings. The van der Waals surface area contributed by atoms with Crippen molar-refractivity contribution >= 4 is 43.9 Å². The third-order valence-electron chi connectivity index (χ3n) is 2.84. The minimum absolute atomic E-state index is 0.803. The standard InChI is InChI=1S/C14H12Br2N2O2/c1-8-14(16)9(2)18(17-8)11-5-3-10(12(15)7-11)4-6-13(19)20/h3-7H,1-2H3,(H,19,20)/b6-4+. The van der Waals surface area contributed by atoms with Crippen LogP contribution in [0.4, 0.5) is 0 Å². The van der Waals surface area contributed by atoms with Crippen molar-refractivity contribution in [2.24, 2.45) is 0 Å². The molecule has 0 aliphatic carbocycles. The first-order chi connectivity index (χ1) is 9.40. The van der Waals surface area contributed by atoms with Gasteiger partial charge in [-0.1, -0.05) is 22.0 Å². The fourth-order valence-electron chi connectivity index (χ4n) is 1.82.